The summed E-state index contributed by atoms with van der Waals surface area (Å²) < 4.78 is 21.1. The Balaban J connectivity index is 1.82. The smallest absolute Gasteiger partial charge is 0.165 e. The predicted octanol–water partition coefficient (Wildman–Crippen LogP) is 2.51. The lowest BCUT2D eigenvalue weighted by atomic mass is 10.1. The van der Waals surface area contributed by atoms with Gasteiger partial charge in [-0.05, 0) is 31.0 Å². The molecule has 0 unspecified atom stereocenters. The van der Waals surface area contributed by atoms with Gasteiger partial charge in [0.2, 0.25) is 0 Å². The number of hydrogen-bond donors (Lipinski definition) is 1. The van der Waals surface area contributed by atoms with E-state index in [9.17, 15) is 4.39 Å². The highest BCUT2D eigenvalue weighted by Crippen LogP contribution is 2.21. The second kappa shape index (κ2) is 6.33. The molecule has 4 nitrogen and oxygen atoms in total. The van der Waals surface area contributed by atoms with Crippen molar-refractivity contribution in [3.05, 3.63) is 48.3 Å². The van der Waals surface area contributed by atoms with E-state index >= 15 is 0 Å². The molecular formula is C14H18FN3O. The van der Waals surface area contributed by atoms with Crippen molar-refractivity contribution in [1.29, 1.82) is 0 Å². The highest BCUT2D eigenvalue weighted by molar-refractivity contribution is 5.30. The van der Waals surface area contributed by atoms with Crippen LogP contribution in [0, 0.1) is 5.82 Å². The fraction of sp³-hybridized carbons (Fsp3) is 0.357. The number of nitrogens with two attached hydrogens (primary N) is 1. The Bertz CT molecular complexity index is 511. The Labute approximate surface area is 112 Å². The molecule has 0 bridgehead atoms. The Hall–Kier alpha value is -1.88. The van der Waals surface area contributed by atoms with Gasteiger partial charge in [-0.2, -0.15) is 0 Å². The molecule has 1 heterocycles. The normalized spacial score (nSPS) is 12.4. The van der Waals surface area contributed by atoms with Crippen LogP contribution in [0.5, 0.6) is 5.75 Å². The molecule has 1 aromatic carbocycles. The van der Waals surface area contributed by atoms with Gasteiger partial charge in [-0.1, -0.05) is 6.07 Å². The molecule has 5 heteroatoms. The number of ether oxygens (including phenoxy) is 1. The van der Waals surface area contributed by atoms with Crippen molar-refractivity contribution >= 4 is 0 Å². The van der Waals surface area contributed by atoms with E-state index in [0.717, 1.165) is 18.5 Å². The van der Waals surface area contributed by atoms with E-state index in [2.05, 4.69) is 4.98 Å². The number of imidazole rings is 1. The van der Waals surface area contributed by atoms with Crippen LogP contribution in [0.3, 0.4) is 0 Å². The van der Waals surface area contributed by atoms with E-state index in [1.165, 1.54) is 6.07 Å². The van der Waals surface area contributed by atoms with Crippen LogP contribution in [-0.4, -0.2) is 16.2 Å². The Morgan fingerprint density at radius 2 is 2.32 bits per heavy atom. The van der Waals surface area contributed by atoms with E-state index in [4.69, 9.17) is 10.5 Å². The lowest BCUT2D eigenvalue weighted by molar-refractivity contribution is 0.287. The van der Waals surface area contributed by atoms with Gasteiger partial charge in [0, 0.05) is 25.0 Å². The largest absolute Gasteiger partial charge is 0.490 e. The molecule has 0 radical (unpaired) electrons. The molecule has 0 saturated heterocycles. The summed E-state index contributed by atoms with van der Waals surface area (Å²) >= 11 is 0. The molecule has 0 fully saturated rings. The number of rotatable bonds is 6. The molecule has 0 spiro atoms. The third-order valence-corrected chi connectivity index (χ3v) is 2.86. The van der Waals surface area contributed by atoms with Crippen molar-refractivity contribution in [2.45, 2.75) is 25.9 Å². The number of benzene rings is 1. The van der Waals surface area contributed by atoms with Gasteiger partial charge in [-0.3, -0.25) is 0 Å². The number of aromatic nitrogens is 2. The number of halogens is 1. The average Bonchev–Trinajstić information content (AvgIpc) is 2.89. The van der Waals surface area contributed by atoms with Gasteiger partial charge in [0.05, 0.1) is 12.9 Å². The number of aryl methyl sites for hydroxylation is 1. The van der Waals surface area contributed by atoms with E-state index in [0.29, 0.717) is 6.61 Å². The van der Waals surface area contributed by atoms with E-state index in [1.54, 1.807) is 24.7 Å². The zero-order chi connectivity index (χ0) is 13.7. The maximum atomic E-state index is 13.7. The molecular weight excluding hydrogens is 245 g/mol. The predicted molar refractivity (Wildman–Crippen MR) is 71.3 cm³/mol. The van der Waals surface area contributed by atoms with Crippen molar-refractivity contribution < 1.29 is 9.13 Å². The van der Waals surface area contributed by atoms with Crippen LogP contribution in [0.25, 0.3) is 0 Å². The lowest BCUT2D eigenvalue weighted by Gasteiger charge is -2.10. The van der Waals surface area contributed by atoms with E-state index in [1.807, 2.05) is 17.7 Å². The number of nitrogens with zero attached hydrogens (tertiary/aromatic N) is 2. The van der Waals surface area contributed by atoms with Crippen LogP contribution in [0.4, 0.5) is 4.39 Å². The fourth-order valence-corrected chi connectivity index (χ4v) is 1.77. The Morgan fingerprint density at radius 1 is 1.47 bits per heavy atom. The Kier molecular flexibility index (Phi) is 4.52. The van der Waals surface area contributed by atoms with Gasteiger partial charge >= 0.3 is 0 Å². The molecule has 0 aliphatic carbocycles. The molecule has 1 atom stereocenters. The first kappa shape index (κ1) is 13.5. The lowest BCUT2D eigenvalue weighted by Crippen LogP contribution is -2.07. The van der Waals surface area contributed by atoms with Crippen LogP contribution < -0.4 is 10.5 Å². The fourth-order valence-electron chi connectivity index (χ4n) is 1.77. The van der Waals surface area contributed by atoms with Gasteiger partial charge in [-0.15, -0.1) is 0 Å². The first-order chi connectivity index (χ1) is 9.16. The van der Waals surface area contributed by atoms with E-state index < -0.39 is 0 Å². The number of hydrogen-bond acceptors (Lipinski definition) is 3. The molecule has 0 aliphatic heterocycles. The van der Waals surface area contributed by atoms with Crippen molar-refractivity contribution in [2.75, 3.05) is 6.61 Å². The third-order valence-electron chi connectivity index (χ3n) is 2.86. The van der Waals surface area contributed by atoms with Crippen molar-refractivity contribution in [1.82, 2.24) is 9.55 Å². The third kappa shape index (κ3) is 3.79. The first-order valence-corrected chi connectivity index (χ1v) is 6.30. The van der Waals surface area contributed by atoms with Gasteiger partial charge < -0.3 is 15.0 Å². The van der Waals surface area contributed by atoms with Crippen LogP contribution >= 0.6 is 0 Å². The highest BCUT2D eigenvalue weighted by atomic mass is 19.1. The first-order valence-electron chi connectivity index (χ1n) is 6.30. The van der Waals surface area contributed by atoms with Gasteiger partial charge in [0.15, 0.2) is 11.6 Å². The average molecular weight is 263 g/mol. The molecule has 2 aromatic rings. The summed E-state index contributed by atoms with van der Waals surface area (Å²) in [7, 11) is 0. The molecule has 1 aromatic heterocycles. The van der Waals surface area contributed by atoms with Gasteiger partial charge in [0.1, 0.15) is 0 Å². The summed E-state index contributed by atoms with van der Waals surface area (Å²) in [5.74, 6) is -0.0903. The Morgan fingerprint density at radius 3 is 2.95 bits per heavy atom. The zero-order valence-corrected chi connectivity index (χ0v) is 10.9. The van der Waals surface area contributed by atoms with Gasteiger partial charge in [-0.25, -0.2) is 9.37 Å². The molecule has 0 saturated carbocycles. The van der Waals surface area contributed by atoms with Crippen LogP contribution in [0.2, 0.25) is 0 Å². The molecule has 102 valence electrons. The molecule has 0 aliphatic rings. The minimum atomic E-state index is -0.363. The monoisotopic (exact) mass is 263 g/mol. The second-order valence-electron chi connectivity index (χ2n) is 4.48. The van der Waals surface area contributed by atoms with Gasteiger partial charge in [0.25, 0.3) is 0 Å². The molecule has 2 N–H and O–H groups in total. The van der Waals surface area contributed by atoms with Crippen molar-refractivity contribution in [2.24, 2.45) is 5.73 Å². The SMILES string of the molecule is C[C@H](N)c1ccc(OCCCn2ccnc2)c(F)c1. The summed E-state index contributed by atoms with van der Waals surface area (Å²) in [5, 5.41) is 0. The van der Waals surface area contributed by atoms with E-state index in [-0.39, 0.29) is 17.6 Å². The van der Waals surface area contributed by atoms with Crippen molar-refractivity contribution in [3.63, 3.8) is 0 Å². The standard InChI is InChI=1S/C14H18FN3O/c1-11(16)12-3-4-14(13(15)9-12)19-8-2-6-18-7-5-17-10-18/h3-5,7,9-11H,2,6,8,16H2,1H3/t11-/m0/s1. The highest BCUT2D eigenvalue weighted by Gasteiger charge is 2.07. The zero-order valence-electron chi connectivity index (χ0n) is 10.9. The minimum absolute atomic E-state index is 0.176. The minimum Gasteiger partial charge on any atom is -0.490 e. The molecule has 2 rings (SSSR count). The quantitative estimate of drug-likeness (QED) is 0.815. The molecule has 0 amide bonds. The topological polar surface area (TPSA) is 53.1 Å². The van der Waals surface area contributed by atoms with Crippen LogP contribution in [-0.2, 0) is 6.54 Å². The van der Waals surface area contributed by atoms with Crippen molar-refractivity contribution in [3.8, 4) is 5.75 Å². The summed E-state index contributed by atoms with van der Waals surface area (Å²) in [6.07, 6.45) is 6.16. The summed E-state index contributed by atoms with van der Waals surface area (Å²) in [4.78, 5) is 3.95. The summed E-state index contributed by atoms with van der Waals surface area (Å²) in [6, 6.07) is 4.67. The summed E-state index contributed by atoms with van der Waals surface area (Å²) in [6.45, 7) is 3.09. The van der Waals surface area contributed by atoms with Crippen LogP contribution in [0.15, 0.2) is 36.9 Å². The second-order valence-corrected chi connectivity index (χ2v) is 4.48. The van der Waals surface area contributed by atoms with Crippen LogP contribution in [0.1, 0.15) is 24.9 Å². The maximum Gasteiger partial charge on any atom is 0.165 e. The molecule has 19 heavy (non-hydrogen) atoms. The summed E-state index contributed by atoms with van der Waals surface area (Å²) in [5.41, 5.74) is 6.46. The maximum absolute atomic E-state index is 13.7.